The molecular formula is C25H35N7O3. The van der Waals surface area contributed by atoms with E-state index in [0.717, 1.165) is 44.9 Å². The van der Waals surface area contributed by atoms with Crippen molar-refractivity contribution in [3.63, 3.8) is 0 Å². The fourth-order valence-corrected chi connectivity index (χ4v) is 6.13. The summed E-state index contributed by atoms with van der Waals surface area (Å²) in [6, 6.07) is 10.5. The van der Waals surface area contributed by atoms with E-state index in [4.69, 9.17) is 5.73 Å². The van der Waals surface area contributed by atoms with Crippen molar-refractivity contribution < 1.29 is 14.7 Å². The van der Waals surface area contributed by atoms with Crippen LogP contribution >= 0.6 is 0 Å². The van der Waals surface area contributed by atoms with Crippen molar-refractivity contribution in [1.29, 1.82) is 0 Å². The Bertz CT molecular complexity index is 1070. The van der Waals surface area contributed by atoms with E-state index in [1.54, 1.807) is 6.20 Å². The molecule has 2 aliphatic carbocycles. The van der Waals surface area contributed by atoms with Gasteiger partial charge in [-0.05, 0) is 57.6 Å². The molecule has 0 bridgehead atoms. The Labute approximate surface area is 205 Å². The molecule has 1 aromatic carbocycles. The van der Waals surface area contributed by atoms with Crippen molar-refractivity contribution in [2.45, 2.75) is 74.7 Å². The first-order valence-corrected chi connectivity index (χ1v) is 12.5. The number of benzene rings is 1. The summed E-state index contributed by atoms with van der Waals surface area (Å²) >= 11 is 0. The summed E-state index contributed by atoms with van der Waals surface area (Å²) in [5.41, 5.74) is 5.89. The van der Waals surface area contributed by atoms with E-state index in [1.165, 1.54) is 10.2 Å². The number of aromatic nitrogens is 3. The van der Waals surface area contributed by atoms with E-state index >= 15 is 0 Å². The van der Waals surface area contributed by atoms with Gasteiger partial charge in [0, 0.05) is 12.1 Å². The smallest absolute Gasteiger partial charge is 0.321 e. The number of amides is 3. The fourth-order valence-electron chi connectivity index (χ4n) is 6.13. The lowest BCUT2D eigenvalue weighted by Gasteiger charge is -2.50. The van der Waals surface area contributed by atoms with Crippen LogP contribution in [0.5, 0.6) is 0 Å². The van der Waals surface area contributed by atoms with Gasteiger partial charge in [0.1, 0.15) is 12.2 Å². The Morgan fingerprint density at radius 1 is 1.14 bits per heavy atom. The van der Waals surface area contributed by atoms with Crippen LogP contribution in [0.1, 0.15) is 56.2 Å². The standard InChI is InChI=1S/C25H35N7O3/c1-27-25(19-6-3-2-4-7-19)12-10-23(11-13-25)17-30(14-20-15-31(29-28-20)16-21(26)33)22(34)32(23)18-24(35)8-5-9-24/h2-4,6-7,15,27,35H,5,8-14,16-18H2,1H3,(H2,26,33)/t23-,25+. The molecule has 0 atom stereocenters. The molecule has 35 heavy (non-hydrogen) atoms. The minimum absolute atomic E-state index is 0.0460. The van der Waals surface area contributed by atoms with Crippen LogP contribution in [0.3, 0.4) is 0 Å². The number of rotatable bonds is 8. The molecular weight excluding hydrogens is 446 g/mol. The summed E-state index contributed by atoms with van der Waals surface area (Å²) in [7, 11) is 2.02. The lowest BCUT2D eigenvalue weighted by molar-refractivity contribution is -0.118. The molecule has 1 saturated heterocycles. The first-order chi connectivity index (χ1) is 16.8. The number of primary amides is 1. The first kappa shape index (κ1) is 23.7. The molecule has 2 heterocycles. The Balaban J connectivity index is 1.37. The Kier molecular flexibility index (Phi) is 6.04. The molecule has 0 unspecified atom stereocenters. The summed E-state index contributed by atoms with van der Waals surface area (Å²) in [5.74, 6) is -0.494. The zero-order chi connectivity index (χ0) is 24.7. The summed E-state index contributed by atoms with van der Waals surface area (Å²) in [6.07, 6.45) is 7.61. The third-order valence-corrected chi connectivity index (χ3v) is 8.39. The van der Waals surface area contributed by atoms with Gasteiger partial charge in [-0.3, -0.25) is 4.79 Å². The number of nitrogens with zero attached hydrogens (tertiary/aromatic N) is 5. The van der Waals surface area contributed by atoms with E-state index in [2.05, 4.69) is 39.9 Å². The van der Waals surface area contributed by atoms with Crippen molar-refractivity contribution in [3.05, 3.63) is 47.8 Å². The van der Waals surface area contributed by atoms with Crippen molar-refractivity contribution in [2.75, 3.05) is 20.1 Å². The van der Waals surface area contributed by atoms with Crippen LogP contribution in [-0.2, 0) is 23.4 Å². The number of β-amino-alcohol motifs (C(OH)–C–C–N with tert-alkyl or cyclic N) is 1. The van der Waals surface area contributed by atoms with E-state index in [1.807, 2.05) is 22.9 Å². The molecule has 1 aliphatic heterocycles. The van der Waals surface area contributed by atoms with Crippen LogP contribution in [0, 0.1) is 0 Å². The van der Waals surface area contributed by atoms with Gasteiger partial charge >= 0.3 is 6.03 Å². The van der Waals surface area contributed by atoms with Crippen molar-refractivity contribution in [1.82, 2.24) is 30.1 Å². The molecule has 10 heteroatoms. The predicted octanol–water partition coefficient (Wildman–Crippen LogP) is 1.34. The molecule has 5 rings (SSSR count). The average molecular weight is 482 g/mol. The van der Waals surface area contributed by atoms with Crippen LogP contribution in [-0.4, -0.2) is 73.1 Å². The normalized spacial score (nSPS) is 27.9. The van der Waals surface area contributed by atoms with E-state index < -0.39 is 11.5 Å². The van der Waals surface area contributed by atoms with Gasteiger partial charge in [-0.1, -0.05) is 35.5 Å². The third kappa shape index (κ3) is 4.40. The van der Waals surface area contributed by atoms with Gasteiger partial charge < -0.3 is 26.0 Å². The van der Waals surface area contributed by atoms with Crippen molar-refractivity contribution >= 4 is 11.9 Å². The maximum Gasteiger partial charge on any atom is 0.321 e. The first-order valence-electron chi connectivity index (χ1n) is 12.5. The number of carbonyl (C=O) groups excluding carboxylic acids is 2. The number of aliphatic hydroxyl groups is 1. The number of carbonyl (C=O) groups is 2. The van der Waals surface area contributed by atoms with Gasteiger partial charge in [-0.2, -0.15) is 0 Å². The van der Waals surface area contributed by atoms with Crippen molar-refractivity contribution in [3.8, 4) is 0 Å². The minimum atomic E-state index is -0.791. The molecule has 1 aromatic heterocycles. The highest BCUT2D eigenvalue weighted by Gasteiger charge is 2.55. The summed E-state index contributed by atoms with van der Waals surface area (Å²) in [6.45, 7) is 1.22. The van der Waals surface area contributed by atoms with Crippen LogP contribution in [0.2, 0.25) is 0 Å². The van der Waals surface area contributed by atoms with Gasteiger partial charge in [0.25, 0.3) is 0 Å². The Morgan fingerprint density at radius 2 is 1.86 bits per heavy atom. The molecule has 10 nitrogen and oxygen atoms in total. The molecule has 3 amide bonds. The summed E-state index contributed by atoms with van der Waals surface area (Å²) in [5, 5.41) is 22.7. The highest BCUT2D eigenvalue weighted by atomic mass is 16.3. The molecule has 3 aliphatic rings. The highest BCUT2D eigenvalue weighted by molar-refractivity contribution is 5.78. The molecule has 2 saturated carbocycles. The number of nitrogens with two attached hydrogens (primary N) is 1. The second-order valence-corrected chi connectivity index (χ2v) is 10.6. The number of urea groups is 1. The van der Waals surface area contributed by atoms with Crippen LogP contribution in [0.25, 0.3) is 0 Å². The molecule has 1 spiro atoms. The number of hydrogen-bond acceptors (Lipinski definition) is 6. The number of nitrogens with one attached hydrogen (secondary N) is 1. The van der Waals surface area contributed by atoms with Gasteiger partial charge in [0.15, 0.2) is 0 Å². The van der Waals surface area contributed by atoms with Gasteiger partial charge in [0.05, 0.1) is 30.4 Å². The monoisotopic (exact) mass is 481 g/mol. The largest absolute Gasteiger partial charge is 0.388 e. The average Bonchev–Trinajstić information content (AvgIpc) is 3.37. The third-order valence-electron chi connectivity index (χ3n) is 8.39. The van der Waals surface area contributed by atoms with Crippen molar-refractivity contribution in [2.24, 2.45) is 5.73 Å². The zero-order valence-corrected chi connectivity index (χ0v) is 20.3. The quantitative estimate of drug-likeness (QED) is 0.522. The topological polar surface area (TPSA) is 130 Å². The second kappa shape index (κ2) is 8.91. The molecule has 0 radical (unpaired) electrons. The molecule has 188 valence electrons. The molecule has 4 N–H and O–H groups in total. The van der Waals surface area contributed by atoms with E-state index in [0.29, 0.717) is 25.3 Å². The Hall–Kier alpha value is -2.98. The van der Waals surface area contributed by atoms with E-state index in [-0.39, 0.29) is 23.7 Å². The van der Waals surface area contributed by atoms with E-state index in [9.17, 15) is 14.7 Å². The maximum atomic E-state index is 13.7. The van der Waals surface area contributed by atoms with Gasteiger partial charge in [-0.25, -0.2) is 9.48 Å². The van der Waals surface area contributed by atoms with Gasteiger partial charge in [0.2, 0.25) is 5.91 Å². The molecule has 2 aromatic rings. The van der Waals surface area contributed by atoms with Crippen LogP contribution in [0.4, 0.5) is 4.79 Å². The predicted molar refractivity (Wildman–Crippen MR) is 129 cm³/mol. The lowest BCUT2D eigenvalue weighted by atomic mass is 9.68. The lowest BCUT2D eigenvalue weighted by Crippen LogP contribution is -2.59. The minimum Gasteiger partial charge on any atom is -0.388 e. The summed E-state index contributed by atoms with van der Waals surface area (Å²) in [4.78, 5) is 28.6. The highest BCUT2D eigenvalue weighted by Crippen LogP contribution is 2.48. The second-order valence-electron chi connectivity index (χ2n) is 10.6. The maximum absolute atomic E-state index is 13.7. The molecule has 3 fully saturated rings. The van der Waals surface area contributed by atoms with Crippen LogP contribution in [0.15, 0.2) is 36.5 Å². The SMILES string of the molecule is CN[C@]1(c2ccccc2)CC[C@]2(CC1)CN(Cc1cn(CC(N)=O)nn1)C(=O)N2CC1(O)CCC1. The van der Waals surface area contributed by atoms with Crippen LogP contribution < -0.4 is 11.1 Å². The zero-order valence-electron chi connectivity index (χ0n) is 20.3. The summed E-state index contributed by atoms with van der Waals surface area (Å²) < 4.78 is 1.39. The Morgan fingerprint density at radius 3 is 2.46 bits per heavy atom. The van der Waals surface area contributed by atoms with Gasteiger partial charge in [-0.15, -0.1) is 5.10 Å². The number of hydrogen-bond donors (Lipinski definition) is 3. The fraction of sp³-hybridized carbons (Fsp3) is 0.600.